The number of aromatic nitrogens is 3. The summed E-state index contributed by atoms with van der Waals surface area (Å²) in [5.41, 5.74) is 7.01. The molecule has 0 atom stereocenters. The zero-order valence-corrected chi connectivity index (χ0v) is 19.2. The van der Waals surface area contributed by atoms with Crippen molar-refractivity contribution in [2.24, 2.45) is 5.73 Å². The number of anilines is 3. The fraction of sp³-hybridized carbons (Fsp3) is 0.318. The number of hydrogen-bond donors (Lipinski definition) is 3. The predicted octanol–water partition coefficient (Wildman–Crippen LogP) is 1.99. The number of nitrogens with two attached hydrogens (primary N) is 1. The molecule has 13 heteroatoms. The molecule has 0 spiro atoms. The second-order valence-electron chi connectivity index (χ2n) is 7.51. The molecule has 3 aromatic rings. The molecule has 2 aromatic heterocycles. The van der Waals surface area contributed by atoms with Crippen molar-refractivity contribution in [2.45, 2.75) is 6.54 Å². The average molecular weight is 483 g/mol. The molecule has 4 rings (SSSR count). The second-order valence-corrected chi connectivity index (χ2v) is 7.51. The molecule has 0 bridgehead atoms. The lowest BCUT2D eigenvalue weighted by Gasteiger charge is -2.24. The Morgan fingerprint density at radius 2 is 2.00 bits per heavy atom. The van der Waals surface area contributed by atoms with Crippen LogP contribution in [0.5, 0.6) is 5.75 Å². The molecular weight excluding hydrogens is 458 g/mol. The van der Waals surface area contributed by atoms with Crippen molar-refractivity contribution in [1.29, 1.82) is 0 Å². The molecule has 0 saturated carbocycles. The smallest absolute Gasteiger partial charge is 0.412 e. The monoisotopic (exact) mass is 483 g/mol. The van der Waals surface area contributed by atoms with Gasteiger partial charge in [-0.15, -0.1) is 0 Å². The summed E-state index contributed by atoms with van der Waals surface area (Å²) in [7, 11) is 2.73. The van der Waals surface area contributed by atoms with Gasteiger partial charge in [0.15, 0.2) is 5.75 Å². The van der Waals surface area contributed by atoms with Crippen LogP contribution in [0.2, 0.25) is 0 Å². The van der Waals surface area contributed by atoms with Gasteiger partial charge in [-0.2, -0.15) is 4.98 Å². The Hall–Kier alpha value is -4.23. The van der Waals surface area contributed by atoms with Crippen LogP contribution in [0, 0.1) is 0 Å². The van der Waals surface area contributed by atoms with Gasteiger partial charge >= 0.3 is 6.09 Å². The lowest BCUT2D eigenvalue weighted by molar-refractivity contribution is 0.0297. The summed E-state index contributed by atoms with van der Waals surface area (Å²) in [6, 6.07) is 6.77. The van der Waals surface area contributed by atoms with E-state index in [1.165, 1.54) is 26.5 Å². The zero-order chi connectivity index (χ0) is 24.8. The number of methoxy groups -OCH3 is 2. The standard InChI is InChI=1S/C22H25N7O6/c1-32-19-13(21-27-18(35-28-21)12-29-6-8-34-9-7-29)4-3-5-15(19)25-16-10-17(26-22(31)33-2)24-11-14(16)20(23)30/h3-5,10-11H,6-9,12H2,1-2H3,(H2,23,30)(H2,24,25,26,31). The normalized spacial score (nSPS) is 13.8. The molecule has 2 amide bonds. The lowest BCUT2D eigenvalue weighted by atomic mass is 10.1. The number of carbonyl (C=O) groups excluding carboxylic acids is 2. The number of benzene rings is 1. The van der Waals surface area contributed by atoms with E-state index in [4.69, 9.17) is 19.7 Å². The van der Waals surface area contributed by atoms with E-state index in [2.05, 4.69) is 35.4 Å². The maximum absolute atomic E-state index is 12.0. The molecule has 13 nitrogen and oxygen atoms in total. The van der Waals surface area contributed by atoms with Crippen molar-refractivity contribution in [3.05, 3.63) is 41.9 Å². The fourth-order valence-electron chi connectivity index (χ4n) is 3.53. The number of carbonyl (C=O) groups is 2. The number of morpholine rings is 1. The van der Waals surface area contributed by atoms with Crippen molar-refractivity contribution in [1.82, 2.24) is 20.0 Å². The third kappa shape index (κ3) is 5.65. The molecule has 1 fully saturated rings. The minimum Gasteiger partial charge on any atom is -0.494 e. The van der Waals surface area contributed by atoms with Crippen molar-refractivity contribution in [3.63, 3.8) is 0 Å². The maximum atomic E-state index is 12.0. The van der Waals surface area contributed by atoms with Gasteiger partial charge in [0.25, 0.3) is 5.91 Å². The molecule has 35 heavy (non-hydrogen) atoms. The minimum atomic E-state index is -0.708. The first-order valence-corrected chi connectivity index (χ1v) is 10.7. The SMILES string of the molecule is COC(=O)Nc1cc(Nc2cccc(-c3noc(CN4CCOCC4)n3)c2OC)c(C(N)=O)cn1. The molecule has 1 aliphatic rings. The molecule has 1 aromatic carbocycles. The molecular formula is C22H25N7O6. The fourth-order valence-corrected chi connectivity index (χ4v) is 3.53. The second kappa shape index (κ2) is 10.8. The van der Waals surface area contributed by atoms with Crippen molar-refractivity contribution < 1.29 is 28.3 Å². The largest absolute Gasteiger partial charge is 0.494 e. The number of amides is 2. The Balaban J connectivity index is 1.62. The number of nitrogens with zero attached hydrogens (tertiary/aromatic N) is 4. The van der Waals surface area contributed by atoms with Crippen LogP contribution in [0.15, 0.2) is 35.0 Å². The topological polar surface area (TPSA) is 167 Å². The van der Waals surface area contributed by atoms with E-state index in [-0.39, 0.29) is 11.4 Å². The van der Waals surface area contributed by atoms with Gasteiger partial charge in [-0.1, -0.05) is 11.2 Å². The summed E-state index contributed by atoms with van der Waals surface area (Å²) in [4.78, 5) is 34.2. The highest BCUT2D eigenvalue weighted by atomic mass is 16.5. The Kier molecular flexibility index (Phi) is 7.38. The van der Waals surface area contributed by atoms with E-state index >= 15 is 0 Å². The Labute approximate surface area is 200 Å². The molecule has 0 radical (unpaired) electrons. The molecule has 0 unspecified atom stereocenters. The molecule has 4 N–H and O–H groups in total. The van der Waals surface area contributed by atoms with E-state index in [9.17, 15) is 9.59 Å². The van der Waals surface area contributed by atoms with Crippen LogP contribution in [-0.2, 0) is 16.0 Å². The number of primary amides is 1. The summed E-state index contributed by atoms with van der Waals surface area (Å²) < 4.78 is 21.0. The van der Waals surface area contributed by atoms with Crippen LogP contribution in [-0.4, -0.2) is 72.5 Å². The Bertz CT molecular complexity index is 1210. The first kappa shape index (κ1) is 23.9. The highest BCUT2D eigenvalue weighted by Gasteiger charge is 2.20. The molecule has 1 saturated heterocycles. The number of nitrogens with one attached hydrogen (secondary N) is 2. The summed E-state index contributed by atoms with van der Waals surface area (Å²) in [6.07, 6.45) is 0.545. The summed E-state index contributed by atoms with van der Waals surface area (Å²) >= 11 is 0. The van der Waals surface area contributed by atoms with Gasteiger partial charge in [0.2, 0.25) is 11.7 Å². The van der Waals surface area contributed by atoms with Crippen molar-refractivity contribution >= 4 is 29.2 Å². The molecule has 0 aliphatic carbocycles. The van der Waals surface area contributed by atoms with Crippen LogP contribution in [0.3, 0.4) is 0 Å². The first-order chi connectivity index (χ1) is 17.0. The molecule has 3 heterocycles. The van der Waals surface area contributed by atoms with E-state index in [1.54, 1.807) is 18.2 Å². The van der Waals surface area contributed by atoms with Crippen LogP contribution >= 0.6 is 0 Å². The van der Waals surface area contributed by atoms with Crippen molar-refractivity contribution in [3.8, 4) is 17.1 Å². The maximum Gasteiger partial charge on any atom is 0.412 e. The minimum absolute atomic E-state index is 0.111. The van der Waals surface area contributed by atoms with E-state index in [1.807, 2.05) is 0 Å². The third-order valence-corrected chi connectivity index (χ3v) is 5.25. The highest BCUT2D eigenvalue weighted by molar-refractivity contribution is 6.00. The first-order valence-electron chi connectivity index (χ1n) is 10.7. The highest BCUT2D eigenvalue weighted by Crippen LogP contribution is 2.37. The van der Waals surface area contributed by atoms with Gasteiger partial charge in [0.1, 0.15) is 5.82 Å². The lowest BCUT2D eigenvalue weighted by Crippen LogP contribution is -2.35. The van der Waals surface area contributed by atoms with Crippen LogP contribution < -0.4 is 21.1 Å². The van der Waals surface area contributed by atoms with Gasteiger partial charge in [-0.25, -0.2) is 9.78 Å². The summed E-state index contributed by atoms with van der Waals surface area (Å²) in [5, 5.41) is 9.68. The van der Waals surface area contributed by atoms with Crippen LogP contribution in [0.4, 0.5) is 22.0 Å². The quantitative estimate of drug-likeness (QED) is 0.428. The predicted molar refractivity (Wildman–Crippen MR) is 124 cm³/mol. The van der Waals surface area contributed by atoms with E-state index in [0.29, 0.717) is 54.2 Å². The van der Waals surface area contributed by atoms with Crippen LogP contribution in [0.1, 0.15) is 16.2 Å². The summed E-state index contributed by atoms with van der Waals surface area (Å²) in [6.45, 7) is 3.44. The third-order valence-electron chi connectivity index (χ3n) is 5.25. The molecule has 184 valence electrons. The Morgan fingerprint density at radius 1 is 1.20 bits per heavy atom. The van der Waals surface area contributed by atoms with E-state index in [0.717, 1.165) is 13.1 Å². The number of rotatable bonds is 8. The van der Waals surface area contributed by atoms with Crippen molar-refractivity contribution in [2.75, 3.05) is 51.2 Å². The van der Waals surface area contributed by atoms with Gasteiger partial charge in [0.05, 0.1) is 56.5 Å². The zero-order valence-electron chi connectivity index (χ0n) is 19.2. The van der Waals surface area contributed by atoms with Gasteiger partial charge < -0.3 is 29.8 Å². The van der Waals surface area contributed by atoms with E-state index < -0.39 is 12.0 Å². The molecule has 1 aliphatic heterocycles. The average Bonchev–Trinajstić information content (AvgIpc) is 3.32. The summed E-state index contributed by atoms with van der Waals surface area (Å²) in [5.74, 6) is 0.703. The number of ether oxygens (including phenoxy) is 3. The van der Waals surface area contributed by atoms with Gasteiger partial charge in [-0.3, -0.25) is 15.0 Å². The van der Waals surface area contributed by atoms with Gasteiger partial charge in [-0.05, 0) is 12.1 Å². The number of hydrogen-bond acceptors (Lipinski definition) is 11. The van der Waals surface area contributed by atoms with Gasteiger partial charge in [0, 0.05) is 25.4 Å². The number of pyridine rings is 1. The number of para-hydroxylation sites is 1. The Morgan fingerprint density at radius 3 is 2.71 bits per heavy atom. The van der Waals surface area contributed by atoms with Crippen LogP contribution in [0.25, 0.3) is 11.4 Å².